The van der Waals surface area contributed by atoms with Gasteiger partial charge in [-0.15, -0.1) is 0 Å². The molecule has 0 aromatic heterocycles. The van der Waals surface area contributed by atoms with E-state index in [9.17, 15) is 4.79 Å². The number of carbonyl (C=O) groups excluding carboxylic acids is 1. The number of benzene rings is 1. The van der Waals surface area contributed by atoms with Crippen molar-refractivity contribution in [3.05, 3.63) is 35.9 Å². The maximum atomic E-state index is 12.0. The second kappa shape index (κ2) is 8.20. The molecule has 1 aliphatic rings. The maximum absolute atomic E-state index is 12.0. The van der Waals surface area contributed by atoms with E-state index in [4.69, 9.17) is 9.47 Å². The Bertz CT molecular complexity index is 599. The van der Waals surface area contributed by atoms with Crippen molar-refractivity contribution in [2.75, 3.05) is 33.9 Å². The number of amides is 1. The van der Waals surface area contributed by atoms with Crippen LogP contribution < -0.4 is 19.7 Å². The van der Waals surface area contributed by atoms with E-state index < -0.39 is 0 Å². The van der Waals surface area contributed by atoms with Crippen LogP contribution >= 0.6 is 0 Å². The second-order valence-electron chi connectivity index (χ2n) is 6.51. The first-order valence-corrected chi connectivity index (χ1v) is 8.49. The molecular formula is C19H29N2O3+. The summed E-state index contributed by atoms with van der Waals surface area (Å²) in [6.45, 7) is 10.2. The lowest BCUT2D eigenvalue weighted by atomic mass is 9.91. The monoisotopic (exact) mass is 333 g/mol. The predicted octanol–water partition coefficient (Wildman–Crippen LogP) is 1.14. The van der Waals surface area contributed by atoms with Crippen LogP contribution in [0.25, 0.3) is 0 Å². The molecule has 1 unspecified atom stereocenters. The van der Waals surface area contributed by atoms with Gasteiger partial charge in [0.05, 0.1) is 33.9 Å². The smallest absolute Gasteiger partial charge is 0.222 e. The fourth-order valence-corrected chi connectivity index (χ4v) is 3.26. The molecule has 5 nitrogen and oxygen atoms in total. The van der Waals surface area contributed by atoms with E-state index in [0.717, 1.165) is 31.0 Å². The van der Waals surface area contributed by atoms with E-state index >= 15 is 0 Å². The van der Waals surface area contributed by atoms with Crippen LogP contribution in [-0.4, -0.2) is 39.8 Å². The molecule has 24 heavy (non-hydrogen) atoms. The number of hydrogen-bond acceptors (Lipinski definition) is 3. The molecule has 1 amide bonds. The highest BCUT2D eigenvalue weighted by Gasteiger charge is 2.32. The molecule has 0 saturated heterocycles. The molecule has 2 N–H and O–H groups in total. The van der Waals surface area contributed by atoms with Crippen LogP contribution in [0.15, 0.2) is 24.8 Å². The summed E-state index contributed by atoms with van der Waals surface area (Å²) in [4.78, 5) is 13.4. The Morgan fingerprint density at radius 1 is 1.38 bits per heavy atom. The number of nitrogens with one attached hydrogen (secondary N) is 2. The quantitative estimate of drug-likeness (QED) is 0.736. The van der Waals surface area contributed by atoms with Crippen molar-refractivity contribution >= 4 is 5.91 Å². The van der Waals surface area contributed by atoms with Gasteiger partial charge < -0.3 is 19.7 Å². The zero-order valence-electron chi connectivity index (χ0n) is 15.1. The molecule has 5 heteroatoms. The fraction of sp³-hybridized carbons (Fsp3) is 0.526. The highest BCUT2D eigenvalue weighted by atomic mass is 16.5. The van der Waals surface area contributed by atoms with Crippen molar-refractivity contribution in [1.29, 1.82) is 0 Å². The molecule has 0 bridgehead atoms. The van der Waals surface area contributed by atoms with E-state index in [2.05, 4.69) is 24.0 Å². The van der Waals surface area contributed by atoms with Gasteiger partial charge in [0.2, 0.25) is 5.91 Å². The molecule has 0 saturated carbocycles. The Morgan fingerprint density at radius 2 is 2.04 bits per heavy atom. The van der Waals surface area contributed by atoms with E-state index in [0.29, 0.717) is 6.54 Å². The van der Waals surface area contributed by atoms with Crippen molar-refractivity contribution in [2.45, 2.75) is 26.3 Å². The minimum absolute atomic E-state index is 0.0127. The minimum atomic E-state index is -0.0127. The Labute approximate surface area is 144 Å². The van der Waals surface area contributed by atoms with Gasteiger partial charge >= 0.3 is 0 Å². The molecule has 1 aromatic rings. The van der Waals surface area contributed by atoms with E-state index in [1.165, 1.54) is 16.0 Å². The number of quaternary nitrogens is 1. The van der Waals surface area contributed by atoms with E-state index in [1.807, 2.05) is 19.9 Å². The molecule has 1 aromatic carbocycles. The minimum Gasteiger partial charge on any atom is -0.493 e. The van der Waals surface area contributed by atoms with Crippen LogP contribution in [0.2, 0.25) is 0 Å². The number of ether oxygens (including phenoxy) is 2. The van der Waals surface area contributed by atoms with Crippen LogP contribution in [-0.2, 0) is 11.2 Å². The summed E-state index contributed by atoms with van der Waals surface area (Å²) in [7, 11) is 3.31. The number of fused-ring (bicyclic) bond motifs is 1. The average Bonchev–Trinajstić information content (AvgIpc) is 2.59. The van der Waals surface area contributed by atoms with Crippen LogP contribution in [0, 0.1) is 5.92 Å². The highest BCUT2D eigenvalue weighted by molar-refractivity contribution is 5.77. The molecule has 0 spiro atoms. The van der Waals surface area contributed by atoms with Gasteiger partial charge in [-0.3, -0.25) is 4.79 Å². The third-order valence-corrected chi connectivity index (χ3v) is 4.64. The summed E-state index contributed by atoms with van der Waals surface area (Å²) in [5.74, 6) is 1.56. The third-order valence-electron chi connectivity index (χ3n) is 4.64. The molecule has 2 atom stereocenters. The number of methoxy groups -OCH3 is 2. The third kappa shape index (κ3) is 3.90. The van der Waals surface area contributed by atoms with Gasteiger partial charge in [-0.05, 0) is 23.8 Å². The van der Waals surface area contributed by atoms with Crippen LogP contribution in [0.5, 0.6) is 11.5 Å². The molecule has 0 radical (unpaired) electrons. The summed E-state index contributed by atoms with van der Waals surface area (Å²) < 4.78 is 10.9. The summed E-state index contributed by atoms with van der Waals surface area (Å²) in [6, 6.07) is 4.31. The van der Waals surface area contributed by atoms with Crippen molar-refractivity contribution in [3.8, 4) is 11.5 Å². The van der Waals surface area contributed by atoms with Crippen molar-refractivity contribution in [3.63, 3.8) is 0 Å². The highest BCUT2D eigenvalue weighted by Crippen LogP contribution is 2.33. The first kappa shape index (κ1) is 18.3. The van der Waals surface area contributed by atoms with Crippen LogP contribution in [0.3, 0.4) is 0 Å². The van der Waals surface area contributed by atoms with Crippen molar-refractivity contribution < 1.29 is 19.2 Å². The van der Waals surface area contributed by atoms with Crippen LogP contribution in [0.1, 0.15) is 31.0 Å². The molecule has 0 aliphatic carbocycles. The Hall–Kier alpha value is -2.01. The molecule has 132 valence electrons. The van der Waals surface area contributed by atoms with Gasteiger partial charge in [-0.25, -0.2) is 0 Å². The van der Waals surface area contributed by atoms with Crippen LogP contribution in [0.4, 0.5) is 0 Å². The Balaban J connectivity index is 2.33. The predicted molar refractivity (Wildman–Crippen MR) is 94.7 cm³/mol. The van der Waals surface area contributed by atoms with Gasteiger partial charge in [0.15, 0.2) is 11.5 Å². The summed E-state index contributed by atoms with van der Waals surface area (Å²) in [5, 5.41) is 3.08. The Kier molecular flexibility index (Phi) is 6.26. The lowest BCUT2D eigenvalue weighted by molar-refractivity contribution is -0.927. The summed E-state index contributed by atoms with van der Waals surface area (Å²) in [5.41, 5.74) is 2.49. The first-order chi connectivity index (χ1) is 11.5. The molecule has 1 aliphatic heterocycles. The normalized spacial score (nSPS) is 19.5. The second-order valence-corrected chi connectivity index (χ2v) is 6.51. The van der Waals surface area contributed by atoms with Gasteiger partial charge in [-0.1, -0.05) is 20.4 Å². The lowest BCUT2D eigenvalue weighted by Crippen LogP contribution is -3.13. The van der Waals surface area contributed by atoms with Gasteiger partial charge in [0.1, 0.15) is 6.04 Å². The molecular weight excluding hydrogens is 304 g/mol. The first-order valence-electron chi connectivity index (χ1n) is 8.49. The zero-order chi connectivity index (χ0) is 17.7. The van der Waals surface area contributed by atoms with Crippen molar-refractivity contribution in [1.82, 2.24) is 5.32 Å². The molecule has 2 rings (SSSR count). The molecule has 1 heterocycles. The van der Waals surface area contributed by atoms with E-state index in [-0.39, 0.29) is 17.9 Å². The standard InChI is InChI=1S/C19H28N2O3/c1-6-8-21-9-7-14-10-17(23-4)18(24-5)11-15(14)16(21)12-20-19(22)13(2)3/h6,10-11,13,16H,1,7-9,12H2,2-5H3,(H,20,22)/p+1/t16-/m1/s1. The largest absolute Gasteiger partial charge is 0.493 e. The van der Waals surface area contributed by atoms with Crippen molar-refractivity contribution in [2.24, 2.45) is 5.92 Å². The van der Waals surface area contributed by atoms with Gasteiger partial charge in [-0.2, -0.15) is 0 Å². The lowest BCUT2D eigenvalue weighted by Gasteiger charge is -2.34. The number of hydrogen-bond donors (Lipinski definition) is 2. The zero-order valence-corrected chi connectivity index (χ0v) is 15.1. The average molecular weight is 333 g/mol. The Morgan fingerprint density at radius 3 is 2.62 bits per heavy atom. The summed E-state index contributed by atoms with van der Waals surface area (Å²) >= 11 is 0. The van der Waals surface area contributed by atoms with Gasteiger partial charge in [0.25, 0.3) is 0 Å². The fourth-order valence-electron chi connectivity index (χ4n) is 3.26. The van der Waals surface area contributed by atoms with Gasteiger partial charge in [0, 0.05) is 17.9 Å². The number of carbonyl (C=O) groups is 1. The topological polar surface area (TPSA) is 52.0 Å². The maximum Gasteiger partial charge on any atom is 0.222 e. The number of rotatable bonds is 7. The van der Waals surface area contributed by atoms with E-state index in [1.54, 1.807) is 14.2 Å². The SMILES string of the molecule is C=CC[NH+]1CCc2cc(OC)c(OC)cc2[C@H]1CNC(=O)C(C)C. The molecule has 0 fully saturated rings. The summed E-state index contributed by atoms with van der Waals surface area (Å²) in [6.07, 6.45) is 2.92.